The maximum absolute atomic E-state index is 9.66. The summed E-state index contributed by atoms with van der Waals surface area (Å²) in [5.41, 5.74) is 0.989. The van der Waals surface area contributed by atoms with Gasteiger partial charge < -0.3 is 14.6 Å². The van der Waals surface area contributed by atoms with E-state index in [1.165, 1.54) is 0 Å². The molecule has 0 bridgehead atoms. The summed E-state index contributed by atoms with van der Waals surface area (Å²) in [4.78, 5) is 0. The van der Waals surface area contributed by atoms with Gasteiger partial charge in [0.1, 0.15) is 0 Å². The van der Waals surface area contributed by atoms with Gasteiger partial charge in [0.2, 0.25) is 0 Å². The molecule has 90 valence electrons. The lowest BCUT2D eigenvalue weighted by molar-refractivity contribution is 0.169. The Hall–Kier alpha value is -1.22. The molecule has 1 N–H and O–H groups in total. The first-order valence-electron chi connectivity index (χ1n) is 5.69. The van der Waals surface area contributed by atoms with Crippen molar-refractivity contribution in [1.29, 1.82) is 0 Å². The lowest BCUT2D eigenvalue weighted by atomic mass is 10.0. The van der Waals surface area contributed by atoms with E-state index in [9.17, 15) is 5.11 Å². The average molecular weight is 224 g/mol. The first kappa shape index (κ1) is 12.8. The molecule has 1 aromatic rings. The Morgan fingerprint density at radius 1 is 1.31 bits per heavy atom. The van der Waals surface area contributed by atoms with E-state index in [1.807, 2.05) is 32.0 Å². The number of benzene rings is 1. The molecule has 0 heterocycles. The summed E-state index contributed by atoms with van der Waals surface area (Å²) in [6.07, 6.45) is 1.01. The fourth-order valence-corrected chi connectivity index (χ4v) is 1.62. The van der Waals surface area contributed by atoms with Crippen LogP contribution in [0.4, 0.5) is 0 Å². The van der Waals surface area contributed by atoms with Crippen LogP contribution in [0, 0.1) is 0 Å². The minimum absolute atomic E-state index is 0.328. The zero-order valence-corrected chi connectivity index (χ0v) is 10.2. The first-order chi connectivity index (χ1) is 7.72. The van der Waals surface area contributed by atoms with Gasteiger partial charge in [-0.15, -0.1) is 0 Å². The highest BCUT2D eigenvalue weighted by Crippen LogP contribution is 2.31. The third kappa shape index (κ3) is 3.14. The van der Waals surface area contributed by atoms with Gasteiger partial charge in [0.15, 0.2) is 11.5 Å². The largest absolute Gasteiger partial charge is 0.493 e. The second kappa shape index (κ2) is 6.38. The molecule has 16 heavy (non-hydrogen) atoms. The van der Waals surface area contributed by atoms with Crippen molar-refractivity contribution in [2.24, 2.45) is 0 Å². The molecule has 0 saturated carbocycles. The molecule has 0 aromatic heterocycles. The van der Waals surface area contributed by atoms with Crippen molar-refractivity contribution >= 4 is 0 Å². The van der Waals surface area contributed by atoms with Crippen molar-refractivity contribution in [1.82, 2.24) is 0 Å². The minimum Gasteiger partial charge on any atom is -0.493 e. The lowest BCUT2D eigenvalue weighted by Gasteiger charge is -2.15. The Bertz CT molecular complexity index is 323. The summed E-state index contributed by atoms with van der Waals surface area (Å²) in [7, 11) is 1.62. The van der Waals surface area contributed by atoms with E-state index in [1.54, 1.807) is 7.11 Å². The number of para-hydroxylation sites is 1. The van der Waals surface area contributed by atoms with E-state index in [-0.39, 0.29) is 6.10 Å². The highest BCUT2D eigenvalue weighted by molar-refractivity contribution is 5.46. The normalized spacial score (nSPS) is 12.2. The summed E-state index contributed by atoms with van der Waals surface area (Å²) in [6, 6.07) is 5.76. The molecule has 0 aliphatic carbocycles. The van der Waals surface area contributed by atoms with Crippen LogP contribution in [-0.4, -0.2) is 24.9 Å². The van der Waals surface area contributed by atoms with E-state index < -0.39 is 0 Å². The van der Waals surface area contributed by atoms with Gasteiger partial charge in [0, 0.05) is 12.0 Å². The number of aliphatic hydroxyl groups excluding tert-OH is 1. The predicted molar refractivity (Wildman–Crippen MR) is 64.2 cm³/mol. The van der Waals surface area contributed by atoms with Crippen molar-refractivity contribution < 1.29 is 14.6 Å². The number of hydrogen-bond acceptors (Lipinski definition) is 3. The van der Waals surface area contributed by atoms with Crippen molar-refractivity contribution in [2.75, 3.05) is 13.7 Å². The van der Waals surface area contributed by atoms with Crippen LogP contribution in [0.5, 0.6) is 11.5 Å². The number of aliphatic hydroxyl groups is 1. The van der Waals surface area contributed by atoms with E-state index >= 15 is 0 Å². The predicted octanol–water partition coefficient (Wildman–Crippen LogP) is 2.41. The number of methoxy groups -OCH3 is 1. The molecule has 0 spiro atoms. The summed E-state index contributed by atoms with van der Waals surface area (Å²) in [5, 5.41) is 9.66. The Morgan fingerprint density at radius 3 is 2.62 bits per heavy atom. The van der Waals surface area contributed by atoms with Crippen LogP contribution in [0.25, 0.3) is 0 Å². The van der Waals surface area contributed by atoms with Crippen LogP contribution in [-0.2, 0) is 6.42 Å². The first-order valence-corrected chi connectivity index (χ1v) is 5.69. The van der Waals surface area contributed by atoms with E-state index in [0.29, 0.717) is 13.0 Å². The van der Waals surface area contributed by atoms with Crippen molar-refractivity contribution in [3.63, 3.8) is 0 Å². The SMILES string of the molecule is CCOc1cccc(CC(O)CC)c1OC. The standard InChI is InChI=1S/C13H20O3/c1-4-11(14)9-10-7-6-8-12(16-5-2)13(10)15-3/h6-8,11,14H,4-5,9H2,1-3H3. The summed E-state index contributed by atoms with van der Waals surface area (Å²) >= 11 is 0. The molecular formula is C13H20O3. The van der Waals surface area contributed by atoms with E-state index in [2.05, 4.69) is 0 Å². The van der Waals surface area contributed by atoms with Crippen LogP contribution in [0.3, 0.4) is 0 Å². The molecule has 1 rings (SSSR count). The quantitative estimate of drug-likeness (QED) is 0.806. The van der Waals surface area contributed by atoms with Crippen LogP contribution in [0.2, 0.25) is 0 Å². The number of hydrogen-bond donors (Lipinski definition) is 1. The van der Waals surface area contributed by atoms with Crippen molar-refractivity contribution in [3.05, 3.63) is 23.8 Å². The fraction of sp³-hybridized carbons (Fsp3) is 0.538. The summed E-state index contributed by atoms with van der Waals surface area (Å²) in [5.74, 6) is 1.47. The van der Waals surface area contributed by atoms with Crippen LogP contribution < -0.4 is 9.47 Å². The van der Waals surface area contributed by atoms with Gasteiger partial charge in [-0.05, 0) is 19.4 Å². The van der Waals surface area contributed by atoms with Gasteiger partial charge in [0.05, 0.1) is 19.8 Å². The van der Waals surface area contributed by atoms with Crippen molar-refractivity contribution in [2.45, 2.75) is 32.8 Å². The zero-order valence-electron chi connectivity index (χ0n) is 10.2. The molecule has 3 nitrogen and oxygen atoms in total. The molecule has 1 aromatic carbocycles. The van der Waals surface area contributed by atoms with E-state index in [4.69, 9.17) is 9.47 Å². The number of ether oxygens (including phenoxy) is 2. The third-order valence-electron chi connectivity index (χ3n) is 2.49. The molecule has 3 heteroatoms. The maximum atomic E-state index is 9.66. The van der Waals surface area contributed by atoms with Gasteiger partial charge >= 0.3 is 0 Å². The van der Waals surface area contributed by atoms with Gasteiger partial charge in [-0.1, -0.05) is 19.1 Å². The topological polar surface area (TPSA) is 38.7 Å². The molecule has 1 unspecified atom stereocenters. The Labute approximate surface area is 97.0 Å². The summed E-state index contributed by atoms with van der Waals surface area (Å²) in [6.45, 7) is 4.51. The third-order valence-corrected chi connectivity index (χ3v) is 2.49. The lowest BCUT2D eigenvalue weighted by Crippen LogP contribution is -2.10. The second-order valence-electron chi connectivity index (χ2n) is 3.65. The van der Waals surface area contributed by atoms with Crippen LogP contribution in [0.1, 0.15) is 25.8 Å². The summed E-state index contributed by atoms with van der Waals surface area (Å²) < 4.78 is 10.8. The molecule has 0 aliphatic heterocycles. The smallest absolute Gasteiger partial charge is 0.164 e. The molecule has 1 atom stereocenters. The maximum Gasteiger partial charge on any atom is 0.164 e. The molecule has 0 saturated heterocycles. The highest BCUT2D eigenvalue weighted by atomic mass is 16.5. The fourth-order valence-electron chi connectivity index (χ4n) is 1.62. The monoisotopic (exact) mass is 224 g/mol. The molecule has 0 radical (unpaired) electrons. The van der Waals surface area contributed by atoms with Gasteiger partial charge in [0.25, 0.3) is 0 Å². The molecule has 0 fully saturated rings. The Kier molecular flexibility index (Phi) is 5.12. The van der Waals surface area contributed by atoms with Crippen LogP contribution >= 0.6 is 0 Å². The highest BCUT2D eigenvalue weighted by Gasteiger charge is 2.12. The van der Waals surface area contributed by atoms with Gasteiger partial charge in [-0.3, -0.25) is 0 Å². The van der Waals surface area contributed by atoms with E-state index in [0.717, 1.165) is 23.5 Å². The minimum atomic E-state index is -0.328. The Balaban J connectivity index is 2.94. The van der Waals surface area contributed by atoms with Crippen LogP contribution in [0.15, 0.2) is 18.2 Å². The second-order valence-corrected chi connectivity index (χ2v) is 3.65. The number of rotatable bonds is 6. The van der Waals surface area contributed by atoms with Crippen molar-refractivity contribution in [3.8, 4) is 11.5 Å². The molecular weight excluding hydrogens is 204 g/mol. The van der Waals surface area contributed by atoms with Gasteiger partial charge in [-0.25, -0.2) is 0 Å². The van der Waals surface area contributed by atoms with Gasteiger partial charge in [-0.2, -0.15) is 0 Å². The average Bonchev–Trinajstić information content (AvgIpc) is 2.29. The molecule has 0 amide bonds. The zero-order chi connectivity index (χ0) is 12.0. The Morgan fingerprint density at radius 2 is 2.06 bits per heavy atom. The molecule has 0 aliphatic rings.